The lowest BCUT2D eigenvalue weighted by molar-refractivity contribution is 0.189. The predicted octanol–water partition coefficient (Wildman–Crippen LogP) is 1.96. The van der Waals surface area contributed by atoms with Crippen molar-refractivity contribution in [2.75, 3.05) is 30.4 Å². The zero-order valence-electron chi connectivity index (χ0n) is 10.9. The molecule has 102 valence electrons. The number of amides is 2. The molecule has 19 heavy (non-hydrogen) atoms. The molecule has 3 rings (SSSR count). The number of carbonyl (C=O) groups excluding carboxylic acids is 1. The second-order valence-corrected chi connectivity index (χ2v) is 5.06. The summed E-state index contributed by atoms with van der Waals surface area (Å²) in [6.07, 6.45) is 3.16. The van der Waals surface area contributed by atoms with E-state index in [1.165, 1.54) is 12.0 Å². The fraction of sp³-hybridized carbons (Fsp3) is 0.500. The Balaban J connectivity index is 1.61. The third kappa shape index (κ3) is 2.98. The molecule has 0 saturated carbocycles. The van der Waals surface area contributed by atoms with Crippen molar-refractivity contribution in [2.45, 2.75) is 25.3 Å². The molecule has 1 aromatic carbocycles. The maximum atomic E-state index is 11.8. The molecule has 1 saturated heterocycles. The number of aryl methyl sites for hydroxylation is 1. The van der Waals surface area contributed by atoms with Crippen LogP contribution in [-0.4, -0.2) is 31.8 Å². The van der Waals surface area contributed by atoms with E-state index in [1.54, 1.807) is 0 Å². The van der Waals surface area contributed by atoms with Crippen LogP contribution in [0.15, 0.2) is 18.2 Å². The molecule has 2 amide bonds. The van der Waals surface area contributed by atoms with Crippen LogP contribution in [-0.2, 0) is 11.2 Å². The van der Waals surface area contributed by atoms with Crippen LogP contribution in [0.25, 0.3) is 0 Å². The van der Waals surface area contributed by atoms with E-state index in [1.807, 2.05) is 12.1 Å². The van der Waals surface area contributed by atoms with Crippen molar-refractivity contribution in [1.29, 1.82) is 0 Å². The summed E-state index contributed by atoms with van der Waals surface area (Å²) in [5.41, 5.74) is 3.28. The van der Waals surface area contributed by atoms with E-state index < -0.39 is 0 Å². The number of urea groups is 1. The van der Waals surface area contributed by atoms with Crippen molar-refractivity contribution in [3.05, 3.63) is 23.8 Å². The number of hydrogen-bond acceptors (Lipinski definition) is 3. The molecule has 0 aromatic heterocycles. The molecular formula is C14H19N3O2. The minimum absolute atomic E-state index is 0.135. The second-order valence-electron chi connectivity index (χ2n) is 5.06. The van der Waals surface area contributed by atoms with E-state index in [9.17, 15) is 4.79 Å². The Kier molecular flexibility index (Phi) is 3.55. The van der Waals surface area contributed by atoms with Gasteiger partial charge < -0.3 is 20.7 Å². The van der Waals surface area contributed by atoms with Gasteiger partial charge in [-0.25, -0.2) is 4.79 Å². The van der Waals surface area contributed by atoms with Gasteiger partial charge in [0.25, 0.3) is 0 Å². The van der Waals surface area contributed by atoms with Gasteiger partial charge in [-0.15, -0.1) is 0 Å². The van der Waals surface area contributed by atoms with Crippen LogP contribution in [0.4, 0.5) is 16.2 Å². The first-order chi connectivity index (χ1) is 9.31. The summed E-state index contributed by atoms with van der Waals surface area (Å²) in [6.45, 7) is 2.34. The number of ether oxygens (including phenoxy) is 1. The largest absolute Gasteiger partial charge is 0.385 e. The van der Waals surface area contributed by atoms with Gasteiger partial charge in [0.15, 0.2) is 0 Å². The molecule has 5 nitrogen and oxygen atoms in total. The summed E-state index contributed by atoms with van der Waals surface area (Å²) in [5, 5.41) is 9.14. The molecule has 0 bridgehead atoms. The van der Waals surface area contributed by atoms with Gasteiger partial charge in [0, 0.05) is 24.5 Å². The lowest BCUT2D eigenvalue weighted by atomic mass is 10.0. The monoisotopic (exact) mass is 261 g/mol. The van der Waals surface area contributed by atoms with E-state index in [0.29, 0.717) is 6.61 Å². The summed E-state index contributed by atoms with van der Waals surface area (Å²) in [4.78, 5) is 11.8. The number of carbonyl (C=O) groups is 1. The third-order valence-corrected chi connectivity index (χ3v) is 3.57. The van der Waals surface area contributed by atoms with E-state index in [-0.39, 0.29) is 12.1 Å². The number of benzene rings is 1. The predicted molar refractivity (Wildman–Crippen MR) is 74.6 cm³/mol. The zero-order valence-corrected chi connectivity index (χ0v) is 10.9. The molecule has 1 unspecified atom stereocenters. The fourth-order valence-corrected chi connectivity index (χ4v) is 2.54. The van der Waals surface area contributed by atoms with Crippen LogP contribution in [0, 0.1) is 0 Å². The molecular weight excluding hydrogens is 242 g/mol. The van der Waals surface area contributed by atoms with Crippen molar-refractivity contribution in [1.82, 2.24) is 5.32 Å². The average molecular weight is 261 g/mol. The molecule has 2 heterocycles. The molecule has 0 radical (unpaired) electrons. The van der Waals surface area contributed by atoms with E-state index in [4.69, 9.17) is 4.74 Å². The van der Waals surface area contributed by atoms with E-state index >= 15 is 0 Å². The standard InChI is InChI=1S/C14H19N3O2/c18-14(17-12-5-7-19-9-12)16-11-4-3-10-2-1-6-15-13(10)8-11/h3-4,8,12,15H,1-2,5-7,9H2,(H2,16,17,18). The maximum absolute atomic E-state index is 11.8. The van der Waals surface area contributed by atoms with Gasteiger partial charge in [0.1, 0.15) is 0 Å². The number of rotatable bonds is 2. The van der Waals surface area contributed by atoms with Crippen molar-refractivity contribution in [2.24, 2.45) is 0 Å². The Bertz CT molecular complexity index is 470. The molecule has 1 fully saturated rings. The first-order valence-corrected chi connectivity index (χ1v) is 6.83. The van der Waals surface area contributed by atoms with Gasteiger partial charge in [-0.1, -0.05) is 6.07 Å². The Morgan fingerprint density at radius 1 is 1.42 bits per heavy atom. The van der Waals surface area contributed by atoms with Crippen LogP contribution in [0.3, 0.4) is 0 Å². The quantitative estimate of drug-likeness (QED) is 0.762. The minimum Gasteiger partial charge on any atom is -0.385 e. The number of anilines is 2. The number of hydrogen-bond donors (Lipinski definition) is 3. The second kappa shape index (κ2) is 5.48. The minimum atomic E-state index is -0.161. The first kappa shape index (κ1) is 12.3. The van der Waals surface area contributed by atoms with Crippen LogP contribution < -0.4 is 16.0 Å². The number of fused-ring (bicyclic) bond motifs is 1. The summed E-state index contributed by atoms with van der Waals surface area (Å²) in [6, 6.07) is 6.01. The van der Waals surface area contributed by atoms with Gasteiger partial charge in [-0.3, -0.25) is 0 Å². The SMILES string of the molecule is O=C(Nc1ccc2c(c1)NCCC2)NC1CCOC1. The highest BCUT2D eigenvalue weighted by Gasteiger charge is 2.18. The smallest absolute Gasteiger partial charge is 0.319 e. The van der Waals surface area contributed by atoms with Gasteiger partial charge in [-0.05, 0) is 37.0 Å². The van der Waals surface area contributed by atoms with Crippen molar-refractivity contribution >= 4 is 17.4 Å². The zero-order chi connectivity index (χ0) is 13.1. The maximum Gasteiger partial charge on any atom is 0.319 e. The van der Waals surface area contributed by atoms with Crippen LogP contribution in [0.5, 0.6) is 0 Å². The molecule has 0 aliphatic carbocycles. The number of nitrogens with one attached hydrogen (secondary N) is 3. The summed E-state index contributed by atoms with van der Waals surface area (Å²) < 4.78 is 5.23. The Labute approximate surface area is 112 Å². The van der Waals surface area contributed by atoms with Gasteiger partial charge in [0.2, 0.25) is 0 Å². The lowest BCUT2D eigenvalue weighted by Gasteiger charge is -2.19. The van der Waals surface area contributed by atoms with Crippen molar-refractivity contribution < 1.29 is 9.53 Å². The first-order valence-electron chi connectivity index (χ1n) is 6.83. The molecule has 1 atom stereocenters. The molecule has 1 aromatic rings. The fourth-order valence-electron chi connectivity index (χ4n) is 2.54. The molecule has 2 aliphatic heterocycles. The van der Waals surface area contributed by atoms with E-state index in [0.717, 1.165) is 37.4 Å². The molecule has 3 N–H and O–H groups in total. The average Bonchev–Trinajstić information content (AvgIpc) is 2.91. The summed E-state index contributed by atoms with van der Waals surface area (Å²) >= 11 is 0. The van der Waals surface area contributed by atoms with Crippen LogP contribution >= 0.6 is 0 Å². The highest BCUT2D eigenvalue weighted by Crippen LogP contribution is 2.25. The van der Waals surface area contributed by atoms with Crippen molar-refractivity contribution in [3.8, 4) is 0 Å². The van der Waals surface area contributed by atoms with Gasteiger partial charge in [-0.2, -0.15) is 0 Å². The molecule has 2 aliphatic rings. The Morgan fingerprint density at radius 2 is 2.37 bits per heavy atom. The highest BCUT2D eigenvalue weighted by atomic mass is 16.5. The van der Waals surface area contributed by atoms with E-state index in [2.05, 4.69) is 22.0 Å². The van der Waals surface area contributed by atoms with Gasteiger partial charge >= 0.3 is 6.03 Å². The summed E-state index contributed by atoms with van der Waals surface area (Å²) in [7, 11) is 0. The third-order valence-electron chi connectivity index (χ3n) is 3.57. The summed E-state index contributed by atoms with van der Waals surface area (Å²) in [5.74, 6) is 0. The van der Waals surface area contributed by atoms with Crippen LogP contribution in [0.1, 0.15) is 18.4 Å². The topological polar surface area (TPSA) is 62.4 Å². The Morgan fingerprint density at radius 3 is 3.21 bits per heavy atom. The lowest BCUT2D eigenvalue weighted by Crippen LogP contribution is -2.38. The van der Waals surface area contributed by atoms with Crippen molar-refractivity contribution in [3.63, 3.8) is 0 Å². The molecule has 0 spiro atoms. The highest BCUT2D eigenvalue weighted by molar-refractivity contribution is 5.90. The Hall–Kier alpha value is -1.75. The normalized spacial score (nSPS) is 21.4. The van der Waals surface area contributed by atoms with Crippen LogP contribution in [0.2, 0.25) is 0 Å². The van der Waals surface area contributed by atoms with Gasteiger partial charge in [0.05, 0.1) is 12.6 Å². The molecule has 5 heteroatoms.